The molecule has 0 aliphatic carbocycles. The molecule has 1 saturated heterocycles. The quantitative estimate of drug-likeness (QED) is 0.308. The molecule has 11 heavy (non-hydrogen) atoms. The van der Waals surface area contributed by atoms with Crippen molar-refractivity contribution in [3.63, 3.8) is 0 Å². The Hall–Kier alpha value is -0.200. The van der Waals surface area contributed by atoms with Gasteiger partial charge in [0, 0.05) is 13.1 Å². The molecule has 1 fully saturated rings. The number of hydrogen-bond acceptors (Lipinski definition) is 5. The molecular weight excluding hydrogens is 148 g/mol. The van der Waals surface area contributed by atoms with Crippen LogP contribution in [0.5, 0.6) is 0 Å². The average Bonchev–Trinajstić information content (AvgIpc) is 2.73. The predicted molar refractivity (Wildman–Crippen MR) is 42.9 cm³/mol. The Bertz CT molecular complexity index is 55.0. The molecule has 0 radical (unpaired) electrons. The van der Waals surface area contributed by atoms with Crippen LogP contribution in [0.4, 0.5) is 0 Å². The van der Waals surface area contributed by atoms with Crippen LogP contribution in [0.3, 0.4) is 0 Å². The maximum Gasteiger partial charge on any atom is 0.0701 e. The van der Waals surface area contributed by atoms with E-state index in [1.165, 1.54) is 0 Å². The first kappa shape index (κ1) is 13.4. The highest BCUT2D eigenvalue weighted by atomic mass is 16.6. The van der Waals surface area contributed by atoms with Crippen LogP contribution >= 0.6 is 0 Å². The van der Waals surface area contributed by atoms with Crippen molar-refractivity contribution in [1.29, 1.82) is 0 Å². The Morgan fingerprint density at radius 3 is 1.64 bits per heavy atom. The number of nitrogens with one attached hydrogen (secondary N) is 1. The molecule has 0 aromatic heterocycles. The molecule has 5 heteroatoms. The number of epoxide rings is 1. The van der Waals surface area contributed by atoms with Crippen LogP contribution in [0.2, 0.25) is 0 Å². The monoisotopic (exact) mass is 166 g/mol. The first-order valence-electron chi connectivity index (χ1n) is 3.42. The van der Waals surface area contributed by atoms with Crippen LogP contribution in [-0.2, 0) is 4.74 Å². The Morgan fingerprint density at radius 1 is 1.09 bits per heavy atom. The number of aliphatic hydroxyl groups excluding tert-OH is 2. The summed E-state index contributed by atoms with van der Waals surface area (Å²) in [5.74, 6) is 0. The van der Waals surface area contributed by atoms with E-state index in [0.717, 1.165) is 13.2 Å². The largest absolute Gasteiger partial charge is 0.395 e. The molecule has 1 aliphatic rings. The van der Waals surface area contributed by atoms with Gasteiger partial charge < -0.3 is 26.4 Å². The third-order valence-electron chi connectivity index (χ3n) is 0.781. The van der Waals surface area contributed by atoms with E-state index in [4.69, 9.17) is 10.2 Å². The number of aliphatic hydroxyl groups is 2. The molecule has 1 rings (SSSR count). The predicted octanol–water partition coefficient (Wildman–Crippen LogP) is -1.26. The molecule has 1 aliphatic heterocycles. The summed E-state index contributed by atoms with van der Waals surface area (Å²) < 4.78 is 4.50. The molecule has 0 amide bonds. The van der Waals surface area contributed by atoms with Crippen LogP contribution in [0.15, 0.2) is 0 Å². The summed E-state index contributed by atoms with van der Waals surface area (Å²) in [4.78, 5) is 0. The molecule has 0 unspecified atom stereocenters. The van der Waals surface area contributed by atoms with Gasteiger partial charge in [-0.25, -0.2) is 0 Å². The highest BCUT2D eigenvalue weighted by molar-refractivity contribution is 4.39. The van der Waals surface area contributed by atoms with Gasteiger partial charge in [-0.3, -0.25) is 0 Å². The van der Waals surface area contributed by atoms with Crippen molar-refractivity contribution in [2.45, 2.75) is 0 Å². The third-order valence-corrected chi connectivity index (χ3v) is 0.781. The first-order valence-corrected chi connectivity index (χ1v) is 3.42. The van der Waals surface area contributed by atoms with Gasteiger partial charge in [-0.15, -0.1) is 0 Å². The summed E-state index contributed by atoms with van der Waals surface area (Å²) in [5.41, 5.74) is 0. The lowest BCUT2D eigenvalue weighted by Crippen LogP contribution is -2.21. The van der Waals surface area contributed by atoms with Crippen molar-refractivity contribution in [1.82, 2.24) is 11.5 Å². The van der Waals surface area contributed by atoms with E-state index in [9.17, 15) is 0 Å². The van der Waals surface area contributed by atoms with Crippen LogP contribution in [0, 0.1) is 0 Å². The van der Waals surface area contributed by atoms with E-state index in [2.05, 4.69) is 10.1 Å². The zero-order valence-corrected chi connectivity index (χ0v) is 6.75. The van der Waals surface area contributed by atoms with Gasteiger partial charge in [-0.05, 0) is 0 Å². The molecule has 0 atom stereocenters. The minimum atomic E-state index is 0. The average molecular weight is 166 g/mol. The second-order valence-electron chi connectivity index (χ2n) is 1.81. The summed E-state index contributed by atoms with van der Waals surface area (Å²) in [6.45, 7) is 3.42. The third kappa shape index (κ3) is 25.9. The second kappa shape index (κ2) is 12.5. The van der Waals surface area contributed by atoms with Crippen molar-refractivity contribution in [2.75, 3.05) is 39.5 Å². The van der Waals surface area contributed by atoms with E-state index in [0.29, 0.717) is 13.1 Å². The molecule has 0 aromatic carbocycles. The topological polar surface area (TPSA) is 100 Å². The highest BCUT2D eigenvalue weighted by Gasteiger charge is 1.94. The first-order chi connectivity index (χ1) is 4.91. The molecule has 70 valence electrons. The van der Waals surface area contributed by atoms with Gasteiger partial charge in [-0.1, -0.05) is 0 Å². The van der Waals surface area contributed by atoms with Gasteiger partial charge in [0.05, 0.1) is 26.4 Å². The minimum Gasteiger partial charge on any atom is -0.395 e. The summed E-state index contributed by atoms with van der Waals surface area (Å²) in [7, 11) is 0. The van der Waals surface area contributed by atoms with Gasteiger partial charge in [-0.2, -0.15) is 0 Å². The fraction of sp³-hybridized carbons (Fsp3) is 1.00. The van der Waals surface area contributed by atoms with E-state index in [-0.39, 0.29) is 19.4 Å². The van der Waals surface area contributed by atoms with Gasteiger partial charge in [0.1, 0.15) is 0 Å². The minimum absolute atomic E-state index is 0. The zero-order chi connectivity index (χ0) is 7.66. The maximum absolute atomic E-state index is 8.15. The molecule has 5 nitrogen and oxygen atoms in total. The van der Waals surface area contributed by atoms with E-state index in [1.54, 1.807) is 0 Å². The highest BCUT2D eigenvalue weighted by Crippen LogP contribution is 1.84. The normalized spacial score (nSPS) is 12.5. The van der Waals surface area contributed by atoms with Crippen LogP contribution in [0.1, 0.15) is 0 Å². The Balaban J connectivity index is 0. The van der Waals surface area contributed by atoms with Gasteiger partial charge >= 0.3 is 0 Å². The van der Waals surface area contributed by atoms with Crippen molar-refractivity contribution < 1.29 is 14.9 Å². The van der Waals surface area contributed by atoms with Crippen molar-refractivity contribution in [3.05, 3.63) is 0 Å². The Kier molecular flexibility index (Phi) is 15.2. The van der Waals surface area contributed by atoms with E-state index >= 15 is 0 Å². The van der Waals surface area contributed by atoms with Crippen LogP contribution in [0.25, 0.3) is 0 Å². The summed E-state index contributed by atoms with van der Waals surface area (Å²) in [5, 5.41) is 19.1. The zero-order valence-electron chi connectivity index (χ0n) is 6.75. The summed E-state index contributed by atoms with van der Waals surface area (Å²) >= 11 is 0. The van der Waals surface area contributed by atoms with Crippen molar-refractivity contribution in [3.8, 4) is 0 Å². The number of hydrogen-bond donors (Lipinski definition) is 4. The Labute approximate surface area is 67.0 Å². The fourth-order valence-electron chi connectivity index (χ4n) is 0.283. The summed E-state index contributed by atoms with van der Waals surface area (Å²) in [6.07, 6.45) is 0. The van der Waals surface area contributed by atoms with Crippen LogP contribution in [-0.4, -0.2) is 49.7 Å². The molecule has 0 spiro atoms. The van der Waals surface area contributed by atoms with E-state index in [1.807, 2.05) is 0 Å². The molecule has 1 heterocycles. The van der Waals surface area contributed by atoms with Gasteiger partial charge in [0.2, 0.25) is 0 Å². The lowest BCUT2D eigenvalue weighted by Gasteiger charge is -1.94. The molecule has 0 aromatic rings. The van der Waals surface area contributed by atoms with Crippen LogP contribution < -0.4 is 11.5 Å². The Morgan fingerprint density at radius 2 is 1.45 bits per heavy atom. The van der Waals surface area contributed by atoms with Gasteiger partial charge in [0.25, 0.3) is 0 Å². The summed E-state index contributed by atoms with van der Waals surface area (Å²) in [6, 6.07) is 0. The smallest absolute Gasteiger partial charge is 0.0701 e. The standard InChI is InChI=1S/C4H11NO2.C2H4O.H3N/c6-3-1-5-2-4-7;1-2-3-1;/h5-7H,1-4H2;1-2H2;1H3. The lowest BCUT2D eigenvalue weighted by molar-refractivity contribution is 0.267. The number of ether oxygens (including phenoxy) is 1. The lowest BCUT2D eigenvalue weighted by atomic mass is 10.6. The van der Waals surface area contributed by atoms with E-state index < -0.39 is 0 Å². The maximum atomic E-state index is 8.15. The molecular formula is C6H18N2O3. The second-order valence-corrected chi connectivity index (χ2v) is 1.81. The van der Waals surface area contributed by atoms with Crippen molar-refractivity contribution in [2.24, 2.45) is 0 Å². The fourth-order valence-corrected chi connectivity index (χ4v) is 0.283. The van der Waals surface area contributed by atoms with Gasteiger partial charge in [0.15, 0.2) is 0 Å². The molecule has 0 bridgehead atoms. The molecule has 6 N–H and O–H groups in total. The number of rotatable bonds is 4. The SMILES string of the molecule is C1CO1.N.OCCNCCO. The molecule has 0 saturated carbocycles. The van der Waals surface area contributed by atoms with Crippen molar-refractivity contribution >= 4 is 0 Å².